The molecule has 7 heteroatoms. The van der Waals surface area contributed by atoms with Crippen molar-refractivity contribution in [3.8, 4) is 11.4 Å². The van der Waals surface area contributed by atoms with Crippen LogP contribution in [0.15, 0.2) is 36.4 Å². The summed E-state index contributed by atoms with van der Waals surface area (Å²) in [6.07, 6.45) is 2.82. The molecule has 28 heavy (non-hydrogen) atoms. The number of rotatable bonds is 3. The number of hydrogen-bond donors (Lipinski definition) is 0. The number of hydrogen-bond acceptors (Lipinski definition) is 4. The Morgan fingerprint density at radius 2 is 1.89 bits per heavy atom. The zero-order chi connectivity index (χ0) is 19.3. The van der Waals surface area contributed by atoms with Gasteiger partial charge in [0, 0.05) is 30.3 Å². The first-order valence-electron chi connectivity index (χ1n) is 9.90. The lowest BCUT2D eigenvalue weighted by atomic mass is 10.1. The Hall–Kier alpha value is -2.96. The molecule has 2 aliphatic rings. The lowest BCUT2D eigenvalue weighted by Gasteiger charge is -2.28. The van der Waals surface area contributed by atoms with E-state index in [2.05, 4.69) is 36.9 Å². The highest BCUT2D eigenvalue weighted by molar-refractivity contribution is 5.77. The van der Waals surface area contributed by atoms with Crippen LogP contribution in [-0.2, 0) is 24.3 Å². The van der Waals surface area contributed by atoms with E-state index in [0.717, 1.165) is 54.4 Å². The predicted octanol–water partition coefficient (Wildman–Crippen LogP) is 2.37. The van der Waals surface area contributed by atoms with Gasteiger partial charge in [-0.05, 0) is 32.8 Å². The fourth-order valence-electron chi connectivity index (χ4n) is 4.69. The summed E-state index contributed by atoms with van der Waals surface area (Å²) in [7, 11) is 0. The van der Waals surface area contributed by atoms with Crippen LogP contribution < -0.4 is 0 Å². The fourth-order valence-corrected chi connectivity index (χ4v) is 4.69. The number of carbonyl (C=O) groups excluding carboxylic acids is 1. The van der Waals surface area contributed by atoms with E-state index in [9.17, 15) is 4.79 Å². The largest absolute Gasteiger partial charge is 0.333 e. The maximum Gasteiger partial charge on any atom is 0.244 e. The summed E-state index contributed by atoms with van der Waals surface area (Å²) in [6.45, 7) is 5.02. The fraction of sp³-hybridized carbons (Fsp3) is 0.429. The van der Waals surface area contributed by atoms with Crippen LogP contribution in [0.5, 0.6) is 0 Å². The molecule has 1 aromatic carbocycles. The van der Waals surface area contributed by atoms with Crippen LogP contribution in [0.1, 0.15) is 30.1 Å². The summed E-state index contributed by atoms with van der Waals surface area (Å²) in [5.41, 5.74) is 3.04. The molecule has 4 heterocycles. The van der Waals surface area contributed by atoms with E-state index in [1.54, 1.807) is 0 Å². The van der Waals surface area contributed by atoms with Crippen LogP contribution >= 0.6 is 0 Å². The van der Waals surface area contributed by atoms with Crippen molar-refractivity contribution in [2.75, 3.05) is 0 Å². The number of carbonyl (C=O) groups is 1. The first-order chi connectivity index (χ1) is 13.6. The molecule has 0 N–H and O–H groups in total. The number of nitrogens with zero attached hydrogens (tertiary/aromatic N) is 6. The predicted molar refractivity (Wildman–Crippen MR) is 105 cm³/mol. The third kappa shape index (κ3) is 2.82. The van der Waals surface area contributed by atoms with E-state index in [1.165, 1.54) is 0 Å². The Balaban J connectivity index is 1.42. The second-order valence-electron chi connectivity index (χ2n) is 7.89. The van der Waals surface area contributed by atoms with E-state index < -0.39 is 0 Å². The average molecular weight is 376 g/mol. The molecule has 0 aliphatic carbocycles. The van der Waals surface area contributed by atoms with E-state index in [0.29, 0.717) is 6.54 Å². The molecule has 1 fully saturated rings. The minimum atomic E-state index is 0.152. The van der Waals surface area contributed by atoms with Crippen molar-refractivity contribution in [2.24, 2.45) is 0 Å². The molecule has 0 radical (unpaired) electrons. The van der Waals surface area contributed by atoms with Crippen molar-refractivity contribution in [1.82, 2.24) is 29.4 Å². The van der Waals surface area contributed by atoms with Crippen molar-refractivity contribution >= 4 is 5.91 Å². The van der Waals surface area contributed by atoms with Crippen molar-refractivity contribution in [3.05, 3.63) is 53.6 Å². The average Bonchev–Trinajstić information content (AvgIpc) is 3.31. The SMILES string of the molecule is Cc1cc(C)n(CC(=O)N2[C@@H]3CC[C@H]2Cc2nnc(-c4ccccc4)n2C3)n1. The normalized spacial score (nSPS) is 20.9. The molecule has 0 saturated carbocycles. The van der Waals surface area contributed by atoms with Gasteiger partial charge in [-0.3, -0.25) is 9.48 Å². The summed E-state index contributed by atoms with van der Waals surface area (Å²) in [4.78, 5) is 15.3. The van der Waals surface area contributed by atoms with Gasteiger partial charge >= 0.3 is 0 Å². The third-order valence-electron chi connectivity index (χ3n) is 5.97. The topological polar surface area (TPSA) is 68.8 Å². The Labute approximate surface area is 164 Å². The van der Waals surface area contributed by atoms with Crippen molar-refractivity contribution in [1.29, 1.82) is 0 Å². The molecule has 2 aromatic heterocycles. The number of aryl methyl sites for hydroxylation is 2. The molecule has 0 spiro atoms. The van der Waals surface area contributed by atoms with Gasteiger partial charge in [0.25, 0.3) is 0 Å². The summed E-state index contributed by atoms with van der Waals surface area (Å²) in [5, 5.41) is 13.4. The Morgan fingerprint density at radius 3 is 2.64 bits per heavy atom. The second-order valence-corrected chi connectivity index (χ2v) is 7.89. The summed E-state index contributed by atoms with van der Waals surface area (Å²) >= 11 is 0. The number of fused-ring (bicyclic) bond motifs is 3. The van der Waals surface area contributed by atoms with Gasteiger partial charge < -0.3 is 9.47 Å². The third-order valence-corrected chi connectivity index (χ3v) is 5.97. The van der Waals surface area contributed by atoms with Gasteiger partial charge in [0.05, 0.1) is 11.7 Å². The van der Waals surface area contributed by atoms with Crippen LogP contribution in [-0.4, -0.2) is 47.4 Å². The van der Waals surface area contributed by atoms with Crippen LogP contribution in [0.4, 0.5) is 0 Å². The molecule has 0 unspecified atom stereocenters. The summed E-state index contributed by atoms with van der Waals surface area (Å²) in [6, 6.07) is 12.6. The van der Waals surface area contributed by atoms with Gasteiger partial charge in [0.1, 0.15) is 12.4 Å². The first kappa shape index (κ1) is 17.2. The lowest BCUT2D eigenvalue weighted by Crippen LogP contribution is -2.44. The van der Waals surface area contributed by atoms with Gasteiger partial charge in [-0.2, -0.15) is 5.10 Å². The molecular formula is C21H24N6O. The van der Waals surface area contributed by atoms with Crippen LogP contribution in [0.25, 0.3) is 11.4 Å². The van der Waals surface area contributed by atoms with Gasteiger partial charge in [0.15, 0.2) is 5.82 Å². The standard InChI is InChI=1S/C21H24N6O/c1-14-10-15(2)26(24-14)13-20(28)27-17-8-9-18(27)12-25-19(11-17)22-23-21(25)16-6-4-3-5-7-16/h3-7,10,17-18H,8-9,11-13H2,1-2H3/t17-,18+/m0/s1. The summed E-state index contributed by atoms with van der Waals surface area (Å²) < 4.78 is 4.03. The monoisotopic (exact) mass is 376 g/mol. The molecule has 3 aromatic rings. The van der Waals surface area contributed by atoms with Crippen molar-refractivity contribution in [2.45, 2.75) is 58.3 Å². The lowest BCUT2D eigenvalue weighted by molar-refractivity contribution is -0.135. The van der Waals surface area contributed by atoms with E-state index in [-0.39, 0.29) is 18.0 Å². The van der Waals surface area contributed by atoms with E-state index >= 15 is 0 Å². The van der Waals surface area contributed by atoms with Crippen LogP contribution in [0.3, 0.4) is 0 Å². The number of benzene rings is 1. The van der Waals surface area contributed by atoms with Crippen molar-refractivity contribution < 1.29 is 4.79 Å². The van der Waals surface area contributed by atoms with E-state index in [1.807, 2.05) is 42.8 Å². The first-order valence-corrected chi connectivity index (χ1v) is 9.90. The van der Waals surface area contributed by atoms with Gasteiger partial charge in [0.2, 0.25) is 5.91 Å². The highest BCUT2D eigenvalue weighted by atomic mass is 16.2. The Bertz CT molecular complexity index is 1020. The molecule has 2 bridgehead atoms. The van der Waals surface area contributed by atoms with Gasteiger partial charge in [-0.15, -0.1) is 10.2 Å². The minimum Gasteiger partial charge on any atom is -0.333 e. The van der Waals surface area contributed by atoms with E-state index in [4.69, 9.17) is 0 Å². The minimum absolute atomic E-state index is 0.152. The second kappa shape index (κ2) is 6.58. The maximum atomic E-state index is 13.2. The van der Waals surface area contributed by atoms with Crippen molar-refractivity contribution in [3.63, 3.8) is 0 Å². The molecule has 5 rings (SSSR count). The van der Waals surface area contributed by atoms with Gasteiger partial charge in [-0.1, -0.05) is 30.3 Å². The van der Waals surface area contributed by atoms with Crippen LogP contribution in [0, 0.1) is 13.8 Å². The Kier molecular flexibility index (Phi) is 4.03. The molecule has 2 atom stereocenters. The zero-order valence-electron chi connectivity index (χ0n) is 16.2. The summed E-state index contributed by atoms with van der Waals surface area (Å²) in [5.74, 6) is 2.03. The molecule has 2 aliphatic heterocycles. The molecular weight excluding hydrogens is 352 g/mol. The smallest absolute Gasteiger partial charge is 0.244 e. The Morgan fingerprint density at radius 1 is 1.11 bits per heavy atom. The molecule has 144 valence electrons. The highest BCUT2D eigenvalue weighted by Crippen LogP contribution is 2.33. The highest BCUT2D eigenvalue weighted by Gasteiger charge is 2.41. The molecule has 1 amide bonds. The maximum absolute atomic E-state index is 13.2. The number of amides is 1. The quantitative estimate of drug-likeness (QED) is 0.704. The zero-order valence-corrected chi connectivity index (χ0v) is 16.2. The molecule has 1 saturated heterocycles. The number of aromatic nitrogens is 5. The van der Waals surface area contributed by atoms with Crippen LogP contribution in [0.2, 0.25) is 0 Å². The molecule has 7 nitrogen and oxygen atoms in total. The van der Waals surface area contributed by atoms with Gasteiger partial charge in [-0.25, -0.2) is 0 Å².